The van der Waals surface area contributed by atoms with Gasteiger partial charge in [-0.3, -0.25) is 4.79 Å². The van der Waals surface area contributed by atoms with Gasteiger partial charge < -0.3 is 4.74 Å². The Kier molecular flexibility index (Phi) is 5.80. The topological polar surface area (TPSA) is 26.3 Å². The second-order valence-corrected chi connectivity index (χ2v) is 7.74. The SMILES string of the molecule is CCCCC(C)(CCC)C(=O)OCC1c2ccccc2-c2ccccc21. The molecule has 2 aromatic rings. The lowest BCUT2D eigenvalue weighted by molar-refractivity contribution is -0.156. The Morgan fingerprint density at radius 1 is 0.923 bits per heavy atom. The van der Waals surface area contributed by atoms with E-state index in [-0.39, 0.29) is 17.3 Å². The number of carbonyl (C=O) groups excluding carboxylic acids is 1. The first-order chi connectivity index (χ1) is 12.6. The summed E-state index contributed by atoms with van der Waals surface area (Å²) in [5.74, 6) is 0.109. The van der Waals surface area contributed by atoms with Crippen LogP contribution in [0.3, 0.4) is 0 Å². The molecule has 1 aliphatic rings. The Balaban J connectivity index is 1.78. The molecule has 0 N–H and O–H groups in total. The van der Waals surface area contributed by atoms with Crippen LogP contribution in [0.5, 0.6) is 0 Å². The molecular formula is C24H30O2. The number of esters is 1. The van der Waals surface area contributed by atoms with Gasteiger partial charge in [-0.1, -0.05) is 81.6 Å². The fraction of sp³-hybridized carbons (Fsp3) is 0.458. The number of benzene rings is 2. The molecule has 0 saturated carbocycles. The van der Waals surface area contributed by atoms with E-state index < -0.39 is 0 Å². The fourth-order valence-electron chi connectivity index (χ4n) is 4.22. The van der Waals surface area contributed by atoms with Gasteiger partial charge in [0.1, 0.15) is 6.61 Å². The monoisotopic (exact) mass is 350 g/mol. The predicted octanol–water partition coefficient (Wildman–Crippen LogP) is 6.34. The summed E-state index contributed by atoms with van der Waals surface area (Å²) >= 11 is 0. The molecule has 0 fully saturated rings. The smallest absolute Gasteiger partial charge is 0.311 e. The minimum absolute atomic E-state index is 0.0327. The summed E-state index contributed by atoms with van der Waals surface area (Å²) in [6.07, 6.45) is 4.98. The molecule has 0 bridgehead atoms. The van der Waals surface area contributed by atoms with Crippen molar-refractivity contribution >= 4 is 5.97 Å². The summed E-state index contributed by atoms with van der Waals surface area (Å²) in [7, 11) is 0. The van der Waals surface area contributed by atoms with Gasteiger partial charge in [-0.2, -0.15) is 0 Å². The Labute approximate surface area is 157 Å². The molecule has 0 spiro atoms. The average molecular weight is 351 g/mol. The fourth-order valence-corrected chi connectivity index (χ4v) is 4.22. The Hall–Kier alpha value is -2.09. The third-order valence-electron chi connectivity index (χ3n) is 5.72. The van der Waals surface area contributed by atoms with Crippen LogP contribution >= 0.6 is 0 Å². The molecular weight excluding hydrogens is 320 g/mol. The molecule has 0 radical (unpaired) electrons. The summed E-state index contributed by atoms with van der Waals surface area (Å²) in [4.78, 5) is 12.9. The maximum absolute atomic E-state index is 12.9. The third-order valence-corrected chi connectivity index (χ3v) is 5.72. The highest BCUT2D eigenvalue weighted by atomic mass is 16.5. The molecule has 2 nitrogen and oxygen atoms in total. The Morgan fingerprint density at radius 3 is 2.04 bits per heavy atom. The Morgan fingerprint density at radius 2 is 1.50 bits per heavy atom. The van der Waals surface area contributed by atoms with Crippen LogP contribution in [0.15, 0.2) is 48.5 Å². The highest BCUT2D eigenvalue weighted by Gasteiger charge is 2.35. The van der Waals surface area contributed by atoms with Gasteiger partial charge in [0.2, 0.25) is 0 Å². The highest BCUT2D eigenvalue weighted by molar-refractivity contribution is 5.80. The van der Waals surface area contributed by atoms with E-state index in [9.17, 15) is 4.79 Å². The van der Waals surface area contributed by atoms with Crippen molar-refractivity contribution in [2.75, 3.05) is 6.61 Å². The summed E-state index contributed by atoms with van der Waals surface area (Å²) in [6, 6.07) is 17.0. The van der Waals surface area contributed by atoms with Crippen LogP contribution in [-0.4, -0.2) is 12.6 Å². The molecule has 1 unspecified atom stereocenters. The number of hydrogen-bond acceptors (Lipinski definition) is 2. The molecule has 2 aromatic carbocycles. The molecule has 0 heterocycles. The van der Waals surface area contributed by atoms with E-state index >= 15 is 0 Å². The van der Waals surface area contributed by atoms with Gasteiger partial charge in [0, 0.05) is 5.92 Å². The number of ether oxygens (including phenoxy) is 1. The Bertz CT molecular complexity index is 719. The second kappa shape index (κ2) is 8.07. The normalized spacial score (nSPS) is 15.2. The first kappa shape index (κ1) is 18.7. The molecule has 0 saturated heterocycles. The number of carbonyl (C=O) groups is 1. The van der Waals surface area contributed by atoms with E-state index in [0.29, 0.717) is 6.61 Å². The van der Waals surface area contributed by atoms with E-state index in [1.165, 1.54) is 22.3 Å². The first-order valence-electron chi connectivity index (χ1n) is 9.96. The van der Waals surface area contributed by atoms with Crippen molar-refractivity contribution in [3.63, 3.8) is 0 Å². The van der Waals surface area contributed by atoms with E-state index in [4.69, 9.17) is 4.74 Å². The van der Waals surface area contributed by atoms with Gasteiger partial charge in [0.15, 0.2) is 0 Å². The summed E-state index contributed by atoms with van der Waals surface area (Å²) < 4.78 is 5.92. The molecule has 1 atom stereocenters. The number of rotatable bonds is 8. The molecule has 0 amide bonds. The minimum atomic E-state index is -0.359. The predicted molar refractivity (Wildman–Crippen MR) is 107 cm³/mol. The lowest BCUT2D eigenvalue weighted by atomic mass is 9.81. The van der Waals surface area contributed by atoms with E-state index in [1.54, 1.807) is 0 Å². The third kappa shape index (κ3) is 3.56. The average Bonchev–Trinajstić information content (AvgIpc) is 2.98. The molecule has 26 heavy (non-hydrogen) atoms. The summed E-state index contributed by atoms with van der Waals surface area (Å²) in [6.45, 7) is 6.81. The van der Waals surface area contributed by atoms with Gasteiger partial charge >= 0.3 is 5.97 Å². The lowest BCUT2D eigenvalue weighted by Crippen LogP contribution is -2.31. The molecule has 0 aromatic heterocycles. The van der Waals surface area contributed by atoms with Crippen molar-refractivity contribution in [3.8, 4) is 11.1 Å². The van der Waals surface area contributed by atoms with Crippen molar-refractivity contribution in [3.05, 3.63) is 59.7 Å². The van der Waals surface area contributed by atoms with Gasteiger partial charge in [0.05, 0.1) is 5.41 Å². The number of fused-ring (bicyclic) bond motifs is 3. The molecule has 2 heteroatoms. The number of hydrogen-bond donors (Lipinski definition) is 0. The molecule has 0 aliphatic heterocycles. The van der Waals surface area contributed by atoms with Gasteiger partial charge in [-0.15, -0.1) is 0 Å². The van der Waals surface area contributed by atoms with Crippen LogP contribution in [0.1, 0.15) is 69.9 Å². The van der Waals surface area contributed by atoms with Crippen molar-refractivity contribution in [2.24, 2.45) is 5.41 Å². The quantitative estimate of drug-likeness (QED) is 0.519. The van der Waals surface area contributed by atoms with Crippen LogP contribution in [0.25, 0.3) is 11.1 Å². The number of unbranched alkanes of at least 4 members (excludes halogenated alkanes) is 1. The van der Waals surface area contributed by atoms with E-state index in [2.05, 4.69) is 69.3 Å². The first-order valence-corrected chi connectivity index (χ1v) is 9.96. The zero-order chi connectivity index (χ0) is 18.6. The minimum Gasteiger partial charge on any atom is -0.464 e. The van der Waals surface area contributed by atoms with Crippen LogP contribution in [0.2, 0.25) is 0 Å². The van der Waals surface area contributed by atoms with Gasteiger partial charge in [-0.25, -0.2) is 0 Å². The van der Waals surface area contributed by atoms with Crippen LogP contribution in [0.4, 0.5) is 0 Å². The van der Waals surface area contributed by atoms with Crippen molar-refractivity contribution in [1.82, 2.24) is 0 Å². The van der Waals surface area contributed by atoms with Gasteiger partial charge in [-0.05, 0) is 42.0 Å². The molecule has 3 rings (SSSR count). The van der Waals surface area contributed by atoms with Crippen molar-refractivity contribution < 1.29 is 9.53 Å². The van der Waals surface area contributed by atoms with E-state index in [1.807, 2.05) is 0 Å². The zero-order valence-corrected chi connectivity index (χ0v) is 16.3. The summed E-state index contributed by atoms with van der Waals surface area (Å²) in [5, 5.41) is 0. The van der Waals surface area contributed by atoms with Crippen LogP contribution in [-0.2, 0) is 9.53 Å². The summed E-state index contributed by atoms with van der Waals surface area (Å²) in [5.41, 5.74) is 4.72. The van der Waals surface area contributed by atoms with Crippen LogP contribution in [0, 0.1) is 5.41 Å². The molecule has 138 valence electrons. The highest BCUT2D eigenvalue weighted by Crippen LogP contribution is 2.45. The van der Waals surface area contributed by atoms with E-state index in [0.717, 1.165) is 32.1 Å². The van der Waals surface area contributed by atoms with Crippen molar-refractivity contribution in [2.45, 2.75) is 58.8 Å². The molecule has 1 aliphatic carbocycles. The lowest BCUT2D eigenvalue weighted by Gasteiger charge is -2.28. The van der Waals surface area contributed by atoms with Crippen LogP contribution < -0.4 is 0 Å². The standard InChI is InChI=1S/C24H30O2/c1-4-6-16-24(3,15-5-2)23(25)26-17-22-20-13-9-7-11-18(20)19-12-8-10-14-21(19)22/h7-14,22H,4-6,15-17H2,1-3H3. The second-order valence-electron chi connectivity index (χ2n) is 7.74. The zero-order valence-electron chi connectivity index (χ0n) is 16.3. The maximum atomic E-state index is 12.9. The largest absolute Gasteiger partial charge is 0.464 e. The van der Waals surface area contributed by atoms with Crippen molar-refractivity contribution in [1.29, 1.82) is 0 Å². The maximum Gasteiger partial charge on any atom is 0.311 e. The van der Waals surface area contributed by atoms with Gasteiger partial charge in [0.25, 0.3) is 0 Å².